The van der Waals surface area contributed by atoms with E-state index in [4.69, 9.17) is 0 Å². The Bertz CT molecular complexity index is 695. The molecule has 5 heteroatoms. The summed E-state index contributed by atoms with van der Waals surface area (Å²) in [4.78, 5) is 19.1. The number of carbonyl (C=O) groups is 1. The lowest BCUT2D eigenvalue weighted by Crippen LogP contribution is -2.30. The van der Waals surface area contributed by atoms with E-state index in [9.17, 15) is 4.79 Å². The molecule has 4 rings (SSSR count). The van der Waals surface area contributed by atoms with Crippen LogP contribution in [0.25, 0.3) is 0 Å². The summed E-state index contributed by atoms with van der Waals surface area (Å²) < 4.78 is 0. The highest BCUT2D eigenvalue weighted by Gasteiger charge is 2.30. The van der Waals surface area contributed by atoms with Crippen molar-refractivity contribution in [2.75, 3.05) is 13.1 Å². The minimum absolute atomic E-state index is 0.116. The molecule has 2 saturated heterocycles. The molecule has 0 spiro atoms. The predicted molar refractivity (Wildman–Crippen MR) is 92.2 cm³/mol. The average Bonchev–Trinajstić information content (AvgIpc) is 3.34. The summed E-state index contributed by atoms with van der Waals surface area (Å²) in [7, 11) is 0. The van der Waals surface area contributed by atoms with Crippen molar-refractivity contribution in [3.8, 4) is 0 Å². The van der Waals surface area contributed by atoms with Gasteiger partial charge in [0.05, 0.1) is 6.04 Å². The van der Waals surface area contributed by atoms with E-state index in [1.165, 1.54) is 5.56 Å². The van der Waals surface area contributed by atoms with E-state index in [2.05, 4.69) is 34.0 Å². The first kappa shape index (κ1) is 15.3. The Balaban J connectivity index is 1.52. The van der Waals surface area contributed by atoms with Crippen LogP contribution in [0, 0.1) is 0 Å². The third-order valence-electron chi connectivity index (χ3n) is 4.98. The van der Waals surface area contributed by atoms with Crippen molar-refractivity contribution in [1.29, 1.82) is 0 Å². The molecule has 2 N–H and O–H groups in total. The van der Waals surface area contributed by atoms with Crippen LogP contribution in [0.3, 0.4) is 0 Å². The molecule has 24 heavy (non-hydrogen) atoms. The number of carbonyl (C=O) groups excluding carboxylic acids is 1. The van der Waals surface area contributed by atoms with Crippen LogP contribution in [0.5, 0.6) is 0 Å². The molecule has 124 valence electrons. The van der Waals surface area contributed by atoms with Crippen LogP contribution < -0.4 is 10.9 Å². The Morgan fingerprint density at radius 1 is 1.12 bits per heavy atom. The summed E-state index contributed by atoms with van der Waals surface area (Å²) in [6.45, 7) is 1.79. The van der Waals surface area contributed by atoms with Crippen molar-refractivity contribution in [2.24, 2.45) is 0 Å². The van der Waals surface area contributed by atoms with Gasteiger partial charge in [-0.1, -0.05) is 18.2 Å². The number of hydrazine groups is 1. The third kappa shape index (κ3) is 2.92. The van der Waals surface area contributed by atoms with Crippen molar-refractivity contribution in [1.82, 2.24) is 20.7 Å². The molecule has 0 aliphatic carbocycles. The topological polar surface area (TPSA) is 57.3 Å². The van der Waals surface area contributed by atoms with E-state index in [1.54, 1.807) is 6.20 Å². The first-order valence-electron chi connectivity index (χ1n) is 8.62. The van der Waals surface area contributed by atoms with Gasteiger partial charge in [0.25, 0.3) is 5.91 Å². The molecular formula is C19H22N4O. The maximum Gasteiger partial charge on any atom is 0.254 e. The van der Waals surface area contributed by atoms with Gasteiger partial charge < -0.3 is 4.90 Å². The Morgan fingerprint density at radius 3 is 2.71 bits per heavy atom. The zero-order chi connectivity index (χ0) is 16.4. The second kappa shape index (κ2) is 6.71. The van der Waals surface area contributed by atoms with E-state index in [0.29, 0.717) is 6.04 Å². The lowest BCUT2D eigenvalue weighted by Gasteiger charge is -2.25. The van der Waals surface area contributed by atoms with Gasteiger partial charge in [0.2, 0.25) is 0 Å². The monoisotopic (exact) mass is 322 g/mol. The van der Waals surface area contributed by atoms with Crippen molar-refractivity contribution < 1.29 is 4.79 Å². The lowest BCUT2D eigenvalue weighted by molar-refractivity contribution is 0.0735. The van der Waals surface area contributed by atoms with E-state index in [1.807, 2.05) is 29.3 Å². The van der Waals surface area contributed by atoms with Gasteiger partial charge in [0, 0.05) is 37.1 Å². The highest BCUT2D eigenvalue weighted by Crippen LogP contribution is 2.32. The number of amides is 1. The largest absolute Gasteiger partial charge is 0.332 e. The van der Waals surface area contributed by atoms with Crippen LogP contribution in [0.15, 0.2) is 48.8 Å². The number of pyridine rings is 1. The Morgan fingerprint density at radius 2 is 2.00 bits per heavy atom. The minimum Gasteiger partial charge on any atom is -0.332 e. The second-order valence-corrected chi connectivity index (χ2v) is 6.48. The minimum atomic E-state index is 0.116. The quantitative estimate of drug-likeness (QED) is 0.912. The molecule has 0 saturated carbocycles. The fourth-order valence-corrected chi connectivity index (χ4v) is 3.69. The molecule has 0 bridgehead atoms. The molecule has 2 unspecified atom stereocenters. The Labute approximate surface area is 142 Å². The van der Waals surface area contributed by atoms with Gasteiger partial charge in [0.1, 0.15) is 0 Å². The predicted octanol–water partition coefficient (Wildman–Crippen LogP) is 2.60. The summed E-state index contributed by atoms with van der Waals surface area (Å²) in [6.07, 6.45) is 6.77. The number of benzene rings is 1. The van der Waals surface area contributed by atoms with Gasteiger partial charge in [-0.2, -0.15) is 0 Å². The zero-order valence-corrected chi connectivity index (χ0v) is 13.6. The number of nitrogens with zero attached hydrogens (tertiary/aromatic N) is 2. The first-order valence-corrected chi connectivity index (χ1v) is 8.62. The maximum absolute atomic E-state index is 12.9. The van der Waals surface area contributed by atoms with Crippen molar-refractivity contribution in [2.45, 2.75) is 31.3 Å². The number of likely N-dealkylation sites (tertiary alicyclic amines) is 1. The molecule has 1 aromatic carbocycles. The smallest absolute Gasteiger partial charge is 0.254 e. The molecule has 2 fully saturated rings. The number of hydrogen-bond donors (Lipinski definition) is 2. The van der Waals surface area contributed by atoms with Gasteiger partial charge in [0.15, 0.2) is 0 Å². The number of hydrogen-bond acceptors (Lipinski definition) is 4. The molecule has 3 heterocycles. The van der Waals surface area contributed by atoms with Crippen LogP contribution in [0.1, 0.15) is 52.8 Å². The zero-order valence-electron chi connectivity index (χ0n) is 13.6. The molecule has 2 aliphatic rings. The van der Waals surface area contributed by atoms with Gasteiger partial charge in [-0.3, -0.25) is 20.6 Å². The van der Waals surface area contributed by atoms with Crippen LogP contribution in [0.4, 0.5) is 0 Å². The maximum atomic E-state index is 12.9. The van der Waals surface area contributed by atoms with Crippen molar-refractivity contribution in [3.63, 3.8) is 0 Å². The number of rotatable bonds is 3. The van der Waals surface area contributed by atoms with E-state index >= 15 is 0 Å². The summed E-state index contributed by atoms with van der Waals surface area (Å²) in [6, 6.07) is 12.5. The third-order valence-corrected chi connectivity index (χ3v) is 4.98. The standard InChI is InChI=1S/C19H22N4O/c24-19(15-7-5-14(6-8-15)17-9-11-21-22-17)23-12-2-4-18(23)16-3-1-10-20-13-16/h1,3,5-8,10,13,17-18,21-22H,2,4,9,11-12H2. The Kier molecular flexibility index (Phi) is 4.28. The number of aromatic nitrogens is 1. The van der Waals surface area contributed by atoms with Crippen LogP contribution in [0.2, 0.25) is 0 Å². The molecule has 2 atom stereocenters. The highest BCUT2D eigenvalue weighted by molar-refractivity contribution is 5.94. The molecule has 0 radical (unpaired) electrons. The lowest BCUT2D eigenvalue weighted by atomic mass is 10.0. The molecular weight excluding hydrogens is 300 g/mol. The van der Waals surface area contributed by atoms with Crippen LogP contribution in [-0.4, -0.2) is 28.9 Å². The fourth-order valence-electron chi connectivity index (χ4n) is 3.69. The van der Waals surface area contributed by atoms with Crippen molar-refractivity contribution >= 4 is 5.91 Å². The molecule has 1 amide bonds. The second-order valence-electron chi connectivity index (χ2n) is 6.48. The summed E-state index contributed by atoms with van der Waals surface area (Å²) in [5, 5.41) is 0. The average molecular weight is 322 g/mol. The molecule has 2 aliphatic heterocycles. The number of nitrogens with one attached hydrogen (secondary N) is 2. The normalized spacial score (nSPS) is 23.6. The molecule has 5 nitrogen and oxygen atoms in total. The van der Waals surface area contributed by atoms with Gasteiger partial charge >= 0.3 is 0 Å². The summed E-state index contributed by atoms with van der Waals surface area (Å²) in [5.41, 5.74) is 9.51. The molecule has 2 aromatic rings. The Hall–Kier alpha value is -2.24. The fraction of sp³-hybridized carbons (Fsp3) is 0.368. The van der Waals surface area contributed by atoms with E-state index in [0.717, 1.165) is 43.5 Å². The van der Waals surface area contributed by atoms with Crippen LogP contribution >= 0.6 is 0 Å². The highest BCUT2D eigenvalue weighted by atomic mass is 16.2. The van der Waals surface area contributed by atoms with E-state index < -0.39 is 0 Å². The first-order chi connectivity index (χ1) is 11.8. The SMILES string of the molecule is O=C(c1ccc(C2CCNN2)cc1)N1CCCC1c1cccnc1. The van der Waals surface area contributed by atoms with Gasteiger partial charge in [-0.25, -0.2) is 0 Å². The van der Waals surface area contributed by atoms with Gasteiger partial charge in [-0.15, -0.1) is 0 Å². The van der Waals surface area contributed by atoms with Crippen LogP contribution in [-0.2, 0) is 0 Å². The van der Waals surface area contributed by atoms with Crippen molar-refractivity contribution in [3.05, 3.63) is 65.5 Å². The summed E-state index contributed by atoms with van der Waals surface area (Å²) >= 11 is 0. The molecule has 1 aromatic heterocycles. The summed E-state index contributed by atoms with van der Waals surface area (Å²) in [5.74, 6) is 0.116. The van der Waals surface area contributed by atoms with E-state index in [-0.39, 0.29) is 11.9 Å². The van der Waals surface area contributed by atoms with Gasteiger partial charge in [-0.05, 0) is 48.6 Å².